The Hall–Kier alpha value is -3.65. The number of hydrogen-bond acceptors (Lipinski definition) is 13. The van der Waals surface area contributed by atoms with E-state index in [4.69, 9.17) is 28.4 Å². The molecule has 1 aromatic rings. The first-order chi connectivity index (χ1) is 19.8. The van der Waals surface area contributed by atoms with E-state index in [2.05, 4.69) is 5.32 Å². The van der Waals surface area contributed by atoms with Crippen molar-refractivity contribution in [3.8, 4) is 0 Å². The summed E-state index contributed by atoms with van der Waals surface area (Å²) in [4.78, 5) is 72.4. The van der Waals surface area contributed by atoms with E-state index in [1.54, 1.807) is 31.2 Å². The van der Waals surface area contributed by atoms with Gasteiger partial charge >= 0.3 is 29.8 Å². The molecule has 1 saturated heterocycles. The summed E-state index contributed by atoms with van der Waals surface area (Å²) in [5, 5.41) is 2.65. The Labute approximate surface area is 248 Å². The van der Waals surface area contributed by atoms with Crippen molar-refractivity contribution in [3.05, 3.63) is 35.9 Å². The first-order valence-electron chi connectivity index (χ1n) is 13.2. The van der Waals surface area contributed by atoms with Crippen molar-refractivity contribution in [2.24, 2.45) is 0 Å². The van der Waals surface area contributed by atoms with Crippen molar-refractivity contribution in [2.45, 2.75) is 90.0 Å². The molecule has 14 heteroatoms. The Morgan fingerprint density at radius 3 is 2.10 bits per heavy atom. The van der Waals surface area contributed by atoms with E-state index < -0.39 is 77.8 Å². The molecular formula is C28H37NO12S. The second-order valence-electron chi connectivity index (χ2n) is 9.43. The Morgan fingerprint density at radius 2 is 1.57 bits per heavy atom. The predicted octanol–water partition coefficient (Wildman–Crippen LogP) is 1.83. The van der Waals surface area contributed by atoms with Gasteiger partial charge in [0.2, 0.25) is 10.8 Å². The highest BCUT2D eigenvalue weighted by atomic mass is 32.2. The molecule has 13 nitrogen and oxygen atoms in total. The molecule has 1 aliphatic heterocycles. The average molecular weight is 612 g/mol. The number of thioether (sulfide) groups is 1. The Morgan fingerprint density at radius 1 is 0.929 bits per heavy atom. The molecule has 0 saturated carbocycles. The third kappa shape index (κ3) is 10.3. The molecule has 1 aromatic carbocycles. The van der Waals surface area contributed by atoms with Gasteiger partial charge in [0.05, 0.1) is 6.04 Å². The highest BCUT2D eigenvalue weighted by Crippen LogP contribution is 2.43. The molecule has 1 heterocycles. The van der Waals surface area contributed by atoms with Crippen LogP contribution in [-0.4, -0.2) is 83.5 Å². The maximum Gasteiger partial charge on any atom is 0.349 e. The molecule has 0 aromatic heterocycles. The minimum Gasteiger partial charge on any atom is -0.462 e. The molecule has 232 valence electrons. The minimum atomic E-state index is -1.82. The molecule has 42 heavy (non-hydrogen) atoms. The van der Waals surface area contributed by atoms with Crippen LogP contribution in [0.15, 0.2) is 30.3 Å². The molecule has 1 N–H and O–H groups in total. The zero-order valence-corrected chi connectivity index (χ0v) is 25.2. The molecule has 6 atom stereocenters. The zero-order chi connectivity index (χ0) is 31.4. The minimum absolute atomic E-state index is 0.0943. The number of carbonyl (C=O) groups excluding carboxylic acids is 6. The summed E-state index contributed by atoms with van der Waals surface area (Å²) in [6.07, 6.45) is -5.86. The maximum atomic E-state index is 13.7. The van der Waals surface area contributed by atoms with E-state index in [1.165, 1.54) is 6.92 Å². The standard InChI is InChI=1S/C28H37NO12S/c1-7-42-28(27(35)37-14-21-11-9-8-10-12-21)13-22(38-18(4)32)24(29-16(2)30)26(41-28)25(40-20(6)34)23(39-19(5)33)15-36-17(3)31/h8-12,22-26H,7,13-15H2,1-6H3,(H,29,30)/t22-,23+,24+,25+,26+,28-/m0/s1. The third-order valence-electron chi connectivity index (χ3n) is 5.90. The highest BCUT2D eigenvalue weighted by molar-refractivity contribution is 8.01. The monoisotopic (exact) mass is 611 g/mol. The molecule has 0 aliphatic carbocycles. The lowest BCUT2D eigenvalue weighted by Crippen LogP contribution is -2.68. The van der Waals surface area contributed by atoms with Gasteiger partial charge in [-0.3, -0.25) is 24.0 Å². The molecule has 0 unspecified atom stereocenters. The van der Waals surface area contributed by atoms with Crippen LogP contribution in [0.5, 0.6) is 0 Å². The van der Waals surface area contributed by atoms with Gasteiger partial charge < -0.3 is 33.7 Å². The third-order valence-corrected chi connectivity index (χ3v) is 7.08. The summed E-state index contributed by atoms with van der Waals surface area (Å²) < 4.78 is 33.6. The van der Waals surface area contributed by atoms with Crippen LogP contribution in [0.25, 0.3) is 0 Å². The second kappa shape index (κ2) is 16.1. The van der Waals surface area contributed by atoms with Crippen LogP contribution in [0.4, 0.5) is 0 Å². The van der Waals surface area contributed by atoms with E-state index in [-0.39, 0.29) is 13.0 Å². The summed E-state index contributed by atoms with van der Waals surface area (Å²) >= 11 is 1.04. The first-order valence-corrected chi connectivity index (χ1v) is 14.2. The summed E-state index contributed by atoms with van der Waals surface area (Å²) in [5.74, 6) is -4.10. The van der Waals surface area contributed by atoms with E-state index in [1.807, 2.05) is 6.07 Å². The van der Waals surface area contributed by atoms with Crippen molar-refractivity contribution in [2.75, 3.05) is 12.4 Å². The average Bonchev–Trinajstić information content (AvgIpc) is 2.89. The lowest BCUT2D eigenvalue weighted by molar-refractivity contribution is -0.225. The van der Waals surface area contributed by atoms with Gasteiger partial charge in [0, 0.05) is 41.0 Å². The number of amides is 1. The van der Waals surface area contributed by atoms with Crippen molar-refractivity contribution in [1.29, 1.82) is 0 Å². The fourth-order valence-electron chi connectivity index (χ4n) is 4.46. The summed E-state index contributed by atoms with van der Waals surface area (Å²) in [7, 11) is 0. The fourth-order valence-corrected chi connectivity index (χ4v) is 5.56. The number of hydrogen-bond donors (Lipinski definition) is 1. The Balaban J connectivity index is 2.66. The van der Waals surface area contributed by atoms with Gasteiger partial charge in [0.25, 0.3) is 0 Å². The van der Waals surface area contributed by atoms with Crippen LogP contribution < -0.4 is 5.32 Å². The quantitative estimate of drug-likeness (QED) is 0.253. The number of esters is 5. The van der Waals surface area contributed by atoms with Crippen LogP contribution in [-0.2, 0) is 63.8 Å². The van der Waals surface area contributed by atoms with Crippen LogP contribution in [0, 0.1) is 0 Å². The molecule has 0 radical (unpaired) electrons. The van der Waals surface area contributed by atoms with E-state index in [0.717, 1.165) is 39.5 Å². The molecule has 0 bridgehead atoms. The van der Waals surface area contributed by atoms with Gasteiger partial charge in [-0.05, 0) is 11.3 Å². The second-order valence-corrected chi connectivity index (χ2v) is 11.0. The first kappa shape index (κ1) is 34.6. The summed E-state index contributed by atoms with van der Waals surface area (Å²) in [5.41, 5.74) is 0.705. The smallest absolute Gasteiger partial charge is 0.349 e. The van der Waals surface area contributed by atoms with Crippen molar-refractivity contribution in [3.63, 3.8) is 0 Å². The Kier molecular flexibility index (Phi) is 13.3. The summed E-state index contributed by atoms with van der Waals surface area (Å²) in [6.45, 7) is 6.80. The van der Waals surface area contributed by atoms with Crippen molar-refractivity contribution < 1.29 is 57.2 Å². The molecule has 1 aliphatic rings. The lowest BCUT2D eigenvalue weighted by atomic mass is 9.89. The SMILES string of the molecule is CCS[C@]1(C(=O)OCc2ccccc2)C[C@H](OC(C)=O)[C@@H](NC(C)=O)[C@H]([C@H](OC(C)=O)[C@@H](COC(C)=O)OC(C)=O)O1. The van der Waals surface area contributed by atoms with Crippen LogP contribution in [0.1, 0.15) is 53.5 Å². The molecule has 1 fully saturated rings. The van der Waals surface area contributed by atoms with E-state index >= 15 is 0 Å². The van der Waals surface area contributed by atoms with Gasteiger partial charge in [-0.2, -0.15) is 0 Å². The predicted molar refractivity (Wildman–Crippen MR) is 147 cm³/mol. The number of benzene rings is 1. The van der Waals surface area contributed by atoms with Gasteiger partial charge in [0.1, 0.15) is 25.4 Å². The van der Waals surface area contributed by atoms with Crippen LogP contribution in [0.2, 0.25) is 0 Å². The van der Waals surface area contributed by atoms with Crippen LogP contribution in [0.3, 0.4) is 0 Å². The number of nitrogens with one attached hydrogen (secondary N) is 1. The van der Waals surface area contributed by atoms with Gasteiger partial charge in [-0.25, -0.2) is 4.79 Å². The number of ether oxygens (including phenoxy) is 6. The number of carbonyl (C=O) groups is 6. The van der Waals surface area contributed by atoms with E-state index in [0.29, 0.717) is 11.3 Å². The van der Waals surface area contributed by atoms with Gasteiger partial charge in [-0.1, -0.05) is 37.3 Å². The fraction of sp³-hybridized carbons (Fsp3) is 0.571. The van der Waals surface area contributed by atoms with Crippen molar-refractivity contribution >= 4 is 47.5 Å². The van der Waals surface area contributed by atoms with Crippen LogP contribution >= 0.6 is 11.8 Å². The topological polar surface area (TPSA) is 170 Å². The molecule has 0 spiro atoms. The van der Waals surface area contributed by atoms with E-state index in [9.17, 15) is 28.8 Å². The summed E-state index contributed by atoms with van der Waals surface area (Å²) in [6, 6.07) is 7.71. The zero-order valence-electron chi connectivity index (χ0n) is 24.4. The van der Waals surface area contributed by atoms with Crippen molar-refractivity contribution in [1.82, 2.24) is 5.32 Å². The van der Waals surface area contributed by atoms with Gasteiger partial charge in [0.15, 0.2) is 12.2 Å². The normalized spacial score (nSPS) is 23.0. The number of rotatable bonds is 13. The largest absolute Gasteiger partial charge is 0.462 e. The lowest BCUT2D eigenvalue weighted by Gasteiger charge is -2.48. The van der Waals surface area contributed by atoms with Gasteiger partial charge in [-0.15, -0.1) is 11.8 Å². The highest BCUT2D eigenvalue weighted by Gasteiger charge is 2.58. The Bertz CT molecular complexity index is 1130. The maximum absolute atomic E-state index is 13.7. The molecule has 2 rings (SSSR count). The molecule has 1 amide bonds. The molecular weight excluding hydrogens is 574 g/mol.